The van der Waals surface area contributed by atoms with Crippen LogP contribution in [-0.2, 0) is 4.74 Å². The number of nitrogens with one attached hydrogen (secondary N) is 1. The van der Waals surface area contributed by atoms with Gasteiger partial charge in [0.05, 0.1) is 35.5 Å². The Morgan fingerprint density at radius 2 is 1.68 bits per heavy atom. The molecule has 31 heavy (non-hydrogen) atoms. The van der Waals surface area contributed by atoms with Crippen LogP contribution in [0.4, 0.5) is 5.69 Å². The van der Waals surface area contributed by atoms with E-state index in [0.717, 1.165) is 22.4 Å². The topological polar surface area (TPSA) is 84.3 Å². The van der Waals surface area contributed by atoms with Crippen LogP contribution in [0.25, 0.3) is 33.3 Å². The number of pyridine rings is 2. The molecule has 0 aliphatic rings. The zero-order chi connectivity index (χ0) is 21.8. The van der Waals surface area contributed by atoms with Crippen LogP contribution in [0.2, 0.25) is 5.02 Å². The number of esters is 1. The van der Waals surface area contributed by atoms with E-state index in [9.17, 15) is 4.79 Å². The summed E-state index contributed by atoms with van der Waals surface area (Å²) in [5.41, 5.74) is 5.21. The molecule has 4 aromatic rings. The lowest BCUT2D eigenvalue weighted by molar-refractivity contribution is 0.0603. The first kappa shape index (κ1) is 20.8. The van der Waals surface area contributed by atoms with Crippen LogP contribution in [0.3, 0.4) is 0 Å². The van der Waals surface area contributed by atoms with Crippen molar-refractivity contribution in [2.75, 3.05) is 25.6 Å². The fraction of sp³-hybridized carbons (Fsp3) is 0.125. The van der Waals surface area contributed by atoms with Gasteiger partial charge in [0.25, 0.3) is 0 Å². The molecule has 0 fully saturated rings. The molecular formula is C24H20ClN3O3. The van der Waals surface area contributed by atoms with Gasteiger partial charge in [0, 0.05) is 35.6 Å². The van der Waals surface area contributed by atoms with E-state index in [1.165, 1.54) is 7.11 Å². The minimum absolute atomic E-state index is 0.0861. The molecule has 4 rings (SSSR count). The largest absolute Gasteiger partial charge is 0.465 e. The van der Waals surface area contributed by atoms with Gasteiger partial charge in [-0.05, 0) is 29.3 Å². The number of ether oxygens (including phenoxy) is 1. The molecule has 0 amide bonds. The highest BCUT2D eigenvalue weighted by Crippen LogP contribution is 2.35. The molecule has 0 unspecified atom stereocenters. The molecule has 2 N–H and O–H groups in total. The molecule has 7 heteroatoms. The first-order valence-corrected chi connectivity index (χ1v) is 10.1. The SMILES string of the molecule is COC(=O)c1c(Cl)c(-c2ccc(-c3ccc(NCCO)cc3)cc2)nc2ccncc12. The number of aromatic nitrogens is 2. The highest BCUT2D eigenvalue weighted by molar-refractivity contribution is 6.37. The Balaban J connectivity index is 1.71. The van der Waals surface area contributed by atoms with Crippen molar-refractivity contribution in [3.63, 3.8) is 0 Å². The van der Waals surface area contributed by atoms with Gasteiger partial charge in [-0.1, -0.05) is 48.0 Å². The van der Waals surface area contributed by atoms with Gasteiger partial charge in [0.1, 0.15) is 0 Å². The Kier molecular flexibility index (Phi) is 6.11. The molecule has 0 spiro atoms. The van der Waals surface area contributed by atoms with Crippen LogP contribution >= 0.6 is 11.6 Å². The minimum Gasteiger partial charge on any atom is -0.465 e. The van der Waals surface area contributed by atoms with Crippen LogP contribution in [0, 0.1) is 0 Å². The number of methoxy groups -OCH3 is 1. The predicted octanol–water partition coefficient (Wildman–Crippen LogP) is 4.81. The second kappa shape index (κ2) is 9.12. The lowest BCUT2D eigenvalue weighted by atomic mass is 10.0. The van der Waals surface area contributed by atoms with Crippen molar-refractivity contribution in [1.29, 1.82) is 0 Å². The van der Waals surface area contributed by atoms with Crippen molar-refractivity contribution in [1.82, 2.24) is 9.97 Å². The lowest BCUT2D eigenvalue weighted by Crippen LogP contribution is -2.06. The zero-order valence-corrected chi connectivity index (χ0v) is 17.6. The number of carbonyl (C=O) groups excluding carboxylic acids is 1. The highest BCUT2D eigenvalue weighted by atomic mass is 35.5. The molecule has 2 heterocycles. The maximum absolute atomic E-state index is 12.4. The Morgan fingerprint density at radius 1 is 1.03 bits per heavy atom. The van der Waals surface area contributed by atoms with E-state index < -0.39 is 5.97 Å². The lowest BCUT2D eigenvalue weighted by Gasteiger charge is -2.12. The quantitative estimate of drug-likeness (QED) is 0.424. The van der Waals surface area contributed by atoms with Gasteiger partial charge in [-0.2, -0.15) is 0 Å². The molecule has 0 aliphatic carbocycles. The van der Waals surface area contributed by atoms with Crippen LogP contribution in [0.15, 0.2) is 67.0 Å². The monoisotopic (exact) mass is 433 g/mol. The maximum atomic E-state index is 12.4. The molecule has 0 atom stereocenters. The third-order valence-corrected chi connectivity index (χ3v) is 5.30. The molecule has 0 saturated heterocycles. The summed E-state index contributed by atoms with van der Waals surface area (Å²) in [7, 11) is 1.32. The molecule has 0 bridgehead atoms. The number of anilines is 1. The summed E-state index contributed by atoms with van der Waals surface area (Å²) < 4.78 is 4.93. The van der Waals surface area contributed by atoms with Gasteiger partial charge >= 0.3 is 5.97 Å². The van der Waals surface area contributed by atoms with E-state index in [0.29, 0.717) is 23.1 Å². The normalized spacial score (nSPS) is 10.8. The Morgan fingerprint density at radius 3 is 2.32 bits per heavy atom. The van der Waals surface area contributed by atoms with Gasteiger partial charge in [0.2, 0.25) is 0 Å². The van der Waals surface area contributed by atoms with Crippen molar-refractivity contribution in [2.45, 2.75) is 0 Å². The maximum Gasteiger partial charge on any atom is 0.340 e. The first-order chi connectivity index (χ1) is 15.1. The third-order valence-electron chi connectivity index (χ3n) is 4.93. The van der Waals surface area contributed by atoms with E-state index >= 15 is 0 Å². The predicted molar refractivity (Wildman–Crippen MR) is 122 cm³/mol. The number of nitrogens with zero attached hydrogens (tertiary/aromatic N) is 2. The van der Waals surface area contributed by atoms with Crippen molar-refractivity contribution in [3.05, 3.63) is 77.6 Å². The number of carbonyl (C=O) groups is 1. The standard InChI is InChI=1S/C24H20ClN3O3/c1-31-24(30)21-19-14-26-11-10-20(19)28-23(22(21)25)17-4-2-15(3-5-17)16-6-8-18(9-7-16)27-12-13-29/h2-11,14,27,29H,12-13H2,1H3. The van der Waals surface area contributed by atoms with Crippen LogP contribution < -0.4 is 5.32 Å². The van der Waals surface area contributed by atoms with E-state index in [1.54, 1.807) is 18.5 Å². The van der Waals surface area contributed by atoms with Gasteiger partial charge in [-0.15, -0.1) is 0 Å². The second-order valence-electron chi connectivity index (χ2n) is 6.84. The smallest absolute Gasteiger partial charge is 0.340 e. The Bertz CT molecular complexity index is 1230. The number of hydrogen-bond donors (Lipinski definition) is 2. The third kappa shape index (κ3) is 4.21. The Labute approximate surface area is 184 Å². The second-order valence-corrected chi connectivity index (χ2v) is 7.22. The van der Waals surface area contributed by atoms with Crippen LogP contribution in [-0.4, -0.2) is 41.3 Å². The van der Waals surface area contributed by atoms with Crippen molar-refractivity contribution < 1.29 is 14.6 Å². The van der Waals surface area contributed by atoms with Crippen molar-refractivity contribution in [2.24, 2.45) is 0 Å². The van der Waals surface area contributed by atoms with E-state index in [4.69, 9.17) is 21.4 Å². The zero-order valence-electron chi connectivity index (χ0n) is 16.8. The molecular weight excluding hydrogens is 414 g/mol. The average Bonchev–Trinajstić information content (AvgIpc) is 2.82. The first-order valence-electron chi connectivity index (χ1n) is 9.69. The molecule has 2 aromatic heterocycles. The minimum atomic E-state index is -0.529. The molecule has 0 saturated carbocycles. The average molecular weight is 434 g/mol. The molecule has 2 aromatic carbocycles. The van der Waals surface area contributed by atoms with E-state index in [-0.39, 0.29) is 17.2 Å². The Hall–Kier alpha value is -3.48. The van der Waals surface area contributed by atoms with Gasteiger partial charge in [0.15, 0.2) is 0 Å². The summed E-state index contributed by atoms with van der Waals surface area (Å²) in [4.78, 5) is 21.1. The van der Waals surface area contributed by atoms with E-state index in [1.807, 2.05) is 48.5 Å². The number of halogens is 1. The molecule has 0 radical (unpaired) electrons. The van der Waals surface area contributed by atoms with Crippen molar-refractivity contribution in [3.8, 4) is 22.4 Å². The summed E-state index contributed by atoms with van der Waals surface area (Å²) in [6.07, 6.45) is 3.18. The fourth-order valence-corrected chi connectivity index (χ4v) is 3.71. The summed E-state index contributed by atoms with van der Waals surface area (Å²) in [6.45, 7) is 0.597. The number of fused-ring (bicyclic) bond motifs is 1. The van der Waals surface area contributed by atoms with Gasteiger partial charge in [-0.3, -0.25) is 4.98 Å². The summed E-state index contributed by atoms with van der Waals surface area (Å²) >= 11 is 6.60. The summed E-state index contributed by atoms with van der Waals surface area (Å²) in [5, 5.41) is 12.8. The summed E-state index contributed by atoms with van der Waals surface area (Å²) in [6, 6.07) is 17.5. The van der Waals surface area contributed by atoms with Gasteiger partial charge < -0.3 is 15.2 Å². The van der Waals surface area contributed by atoms with Crippen LogP contribution in [0.5, 0.6) is 0 Å². The van der Waals surface area contributed by atoms with Crippen LogP contribution in [0.1, 0.15) is 10.4 Å². The van der Waals surface area contributed by atoms with E-state index in [2.05, 4.69) is 15.3 Å². The summed E-state index contributed by atoms with van der Waals surface area (Å²) in [5.74, 6) is -0.529. The molecule has 156 valence electrons. The van der Waals surface area contributed by atoms with Gasteiger partial charge in [-0.25, -0.2) is 9.78 Å². The number of rotatable bonds is 6. The molecule has 0 aliphatic heterocycles. The number of benzene rings is 2. The molecule has 6 nitrogen and oxygen atoms in total. The number of hydrogen-bond acceptors (Lipinski definition) is 6. The highest BCUT2D eigenvalue weighted by Gasteiger charge is 2.21. The fourth-order valence-electron chi connectivity index (χ4n) is 3.38. The van der Waals surface area contributed by atoms with Crippen molar-refractivity contribution >= 4 is 34.2 Å². The number of aliphatic hydroxyl groups is 1. The number of aliphatic hydroxyl groups excluding tert-OH is 1.